The number of ether oxygens (including phenoxy) is 1. The number of nitrogens with one attached hydrogen (secondary N) is 1. The fourth-order valence-electron chi connectivity index (χ4n) is 4.79. The molecule has 2 amide bonds. The van der Waals surface area contributed by atoms with E-state index in [1.165, 1.54) is 32.5 Å². The van der Waals surface area contributed by atoms with E-state index in [1.807, 2.05) is 53.4 Å². The molecule has 6 heteroatoms. The van der Waals surface area contributed by atoms with Crippen molar-refractivity contribution >= 4 is 11.8 Å². The van der Waals surface area contributed by atoms with Crippen molar-refractivity contribution in [1.82, 2.24) is 15.1 Å². The van der Waals surface area contributed by atoms with Crippen LogP contribution in [0.3, 0.4) is 0 Å². The molecule has 0 bridgehead atoms. The van der Waals surface area contributed by atoms with Crippen molar-refractivity contribution in [3.05, 3.63) is 65.2 Å². The number of carbonyl (C=O) groups excluding carboxylic acids is 2. The van der Waals surface area contributed by atoms with Gasteiger partial charge in [0.25, 0.3) is 5.91 Å². The van der Waals surface area contributed by atoms with Crippen molar-refractivity contribution in [3.8, 4) is 5.75 Å². The Kier molecular flexibility index (Phi) is 8.00. The number of rotatable bonds is 8. The molecule has 6 nitrogen and oxygen atoms in total. The molecule has 2 aromatic carbocycles. The number of piperidine rings is 1. The van der Waals surface area contributed by atoms with E-state index >= 15 is 0 Å². The van der Waals surface area contributed by atoms with Crippen molar-refractivity contribution in [2.75, 3.05) is 39.8 Å². The molecule has 0 aliphatic carbocycles. The van der Waals surface area contributed by atoms with E-state index in [2.05, 4.69) is 10.2 Å². The van der Waals surface area contributed by atoms with Crippen LogP contribution in [-0.4, -0.2) is 61.4 Å². The van der Waals surface area contributed by atoms with Crippen molar-refractivity contribution < 1.29 is 14.3 Å². The van der Waals surface area contributed by atoms with Gasteiger partial charge in [0.1, 0.15) is 5.75 Å². The summed E-state index contributed by atoms with van der Waals surface area (Å²) in [6.45, 7) is 5.83. The van der Waals surface area contributed by atoms with Crippen LogP contribution in [-0.2, 0) is 17.8 Å². The lowest BCUT2D eigenvalue weighted by atomic mass is 9.95. The second kappa shape index (κ2) is 11.3. The van der Waals surface area contributed by atoms with Crippen LogP contribution in [0.2, 0.25) is 0 Å². The Hall–Kier alpha value is -2.86. The molecule has 2 aliphatic rings. The topological polar surface area (TPSA) is 61.9 Å². The van der Waals surface area contributed by atoms with Crippen LogP contribution >= 0.6 is 0 Å². The summed E-state index contributed by atoms with van der Waals surface area (Å²) in [6, 6.07) is 15.1. The number of nitrogens with zero attached hydrogens (tertiary/aromatic N) is 2. The summed E-state index contributed by atoms with van der Waals surface area (Å²) < 4.78 is 5.14. The van der Waals surface area contributed by atoms with Crippen LogP contribution in [0, 0.1) is 5.92 Å². The minimum absolute atomic E-state index is 0.0304. The first-order chi connectivity index (χ1) is 16.1. The lowest BCUT2D eigenvalue weighted by molar-refractivity contribution is -0.120. The number of hydrogen-bond acceptors (Lipinski definition) is 4. The summed E-state index contributed by atoms with van der Waals surface area (Å²) in [5, 5.41) is 2.95. The van der Waals surface area contributed by atoms with Gasteiger partial charge in [-0.2, -0.15) is 0 Å². The average Bonchev–Trinajstić information content (AvgIpc) is 3.37. The lowest BCUT2D eigenvalue weighted by Crippen LogP contribution is -2.41. The molecule has 1 N–H and O–H groups in total. The molecule has 0 atom stereocenters. The molecular weight excluding hydrogens is 414 g/mol. The first kappa shape index (κ1) is 23.3. The third kappa shape index (κ3) is 6.57. The molecule has 2 fully saturated rings. The minimum Gasteiger partial charge on any atom is -0.497 e. The Labute approximate surface area is 196 Å². The highest BCUT2D eigenvalue weighted by molar-refractivity contribution is 5.94. The Morgan fingerprint density at radius 2 is 1.55 bits per heavy atom. The van der Waals surface area contributed by atoms with Crippen molar-refractivity contribution in [3.63, 3.8) is 0 Å². The zero-order chi connectivity index (χ0) is 23.0. The maximum absolute atomic E-state index is 12.9. The van der Waals surface area contributed by atoms with Crippen LogP contribution < -0.4 is 10.1 Å². The second-order valence-corrected chi connectivity index (χ2v) is 9.24. The quantitative estimate of drug-likeness (QED) is 0.670. The zero-order valence-electron chi connectivity index (χ0n) is 19.6. The Balaban J connectivity index is 1.20. The van der Waals surface area contributed by atoms with Gasteiger partial charge in [0.2, 0.25) is 5.91 Å². The van der Waals surface area contributed by atoms with E-state index in [1.54, 1.807) is 7.11 Å². The molecule has 0 spiro atoms. The van der Waals surface area contributed by atoms with Crippen LogP contribution in [0.25, 0.3) is 0 Å². The van der Waals surface area contributed by atoms with Crippen molar-refractivity contribution in [1.29, 1.82) is 0 Å². The average molecular weight is 450 g/mol. The Bertz CT molecular complexity index is 913. The van der Waals surface area contributed by atoms with Gasteiger partial charge in [-0.15, -0.1) is 0 Å². The lowest BCUT2D eigenvalue weighted by Gasteiger charge is -2.34. The number of likely N-dealkylation sites (tertiary alicyclic amines) is 2. The first-order valence-corrected chi connectivity index (χ1v) is 12.1. The molecular formula is C27H35N3O3. The van der Waals surface area contributed by atoms with Gasteiger partial charge >= 0.3 is 0 Å². The third-order valence-corrected chi connectivity index (χ3v) is 6.83. The summed E-state index contributed by atoms with van der Waals surface area (Å²) in [7, 11) is 1.62. The molecule has 0 radical (unpaired) electrons. The van der Waals surface area contributed by atoms with E-state index < -0.39 is 0 Å². The van der Waals surface area contributed by atoms with E-state index in [0.29, 0.717) is 13.0 Å². The van der Waals surface area contributed by atoms with Crippen LogP contribution in [0.4, 0.5) is 0 Å². The molecule has 0 aromatic heterocycles. The maximum Gasteiger partial charge on any atom is 0.253 e. The van der Waals surface area contributed by atoms with E-state index in [0.717, 1.165) is 54.3 Å². The van der Waals surface area contributed by atoms with Gasteiger partial charge in [-0.3, -0.25) is 9.59 Å². The number of hydrogen-bond donors (Lipinski definition) is 1. The van der Waals surface area contributed by atoms with Gasteiger partial charge in [0, 0.05) is 31.7 Å². The zero-order valence-corrected chi connectivity index (χ0v) is 19.6. The summed E-state index contributed by atoms with van der Waals surface area (Å²) >= 11 is 0. The van der Waals surface area contributed by atoms with Gasteiger partial charge in [-0.25, -0.2) is 0 Å². The van der Waals surface area contributed by atoms with Crippen LogP contribution in [0.1, 0.15) is 47.2 Å². The molecule has 2 aliphatic heterocycles. The van der Waals surface area contributed by atoms with E-state index in [9.17, 15) is 9.59 Å². The minimum atomic E-state index is -0.0304. The highest BCUT2D eigenvalue weighted by atomic mass is 16.5. The SMILES string of the molecule is COc1ccc(CC(=O)NCc2ccc(C(=O)N3CCC(CN4CCCC4)CC3)cc2)cc1. The van der Waals surface area contributed by atoms with Crippen molar-refractivity contribution in [2.24, 2.45) is 5.92 Å². The van der Waals surface area contributed by atoms with Crippen LogP contribution in [0.5, 0.6) is 5.75 Å². The van der Waals surface area contributed by atoms with Crippen molar-refractivity contribution in [2.45, 2.75) is 38.6 Å². The largest absolute Gasteiger partial charge is 0.497 e. The van der Waals surface area contributed by atoms with Gasteiger partial charge in [0.05, 0.1) is 13.5 Å². The molecule has 33 heavy (non-hydrogen) atoms. The number of amides is 2. The van der Waals surface area contributed by atoms with Gasteiger partial charge in [-0.05, 0) is 80.1 Å². The Morgan fingerprint density at radius 3 is 2.18 bits per heavy atom. The third-order valence-electron chi connectivity index (χ3n) is 6.83. The maximum atomic E-state index is 12.9. The fraction of sp³-hybridized carbons (Fsp3) is 0.481. The first-order valence-electron chi connectivity index (χ1n) is 12.1. The summed E-state index contributed by atoms with van der Waals surface area (Å²) in [5.41, 5.74) is 2.65. The molecule has 2 saturated heterocycles. The van der Waals surface area contributed by atoms with Crippen LogP contribution in [0.15, 0.2) is 48.5 Å². The number of methoxy groups -OCH3 is 1. The molecule has 0 saturated carbocycles. The van der Waals surface area contributed by atoms with Gasteiger partial charge in [0.15, 0.2) is 0 Å². The number of carbonyl (C=O) groups is 2. The smallest absolute Gasteiger partial charge is 0.253 e. The predicted octanol–water partition coefficient (Wildman–Crippen LogP) is 3.50. The van der Waals surface area contributed by atoms with Gasteiger partial charge < -0.3 is 19.9 Å². The highest BCUT2D eigenvalue weighted by Gasteiger charge is 2.25. The highest BCUT2D eigenvalue weighted by Crippen LogP contribution is 2.22. The molecule has 0 unspecified atom stereocenters. The molecule has 4 rings (SSSR count). The fourth-order valence-corrected chi connectivity index (χ4v) is 4.79. The molecule has 176 valence electrons. The Morgan fingerprint density at radius 1 is 0.909 bits per heavy atom. The monoisotopic (exact) mass is 449 g/mol. The summed E-state index contributed by atoms with van der Waals surface area (Å²) in [4.78, 5) is 29.7. The predicted molar refractivity (Wildman–Crippen MR) is 129 cm³/mol. The van der Waals surface area contributed by atoms with E-state index in [-0.39, 0.29) is 11.8 Å². The summed E-state index contributed by atoms with van der Waals surface area (Å²) in [5.74, 6) is 1.58. The molecule has 2 heterocycles. The standard InChI is InChI=1S/C27H35N3O3/c1-33-25-10-6-21(7-11-25)18-26(31)28-19-22-4-8-24(9-5-22)27(32)30-16-12-23(13-17-30)20-29-14-2-3-15-29/h4-11,23H,2-3,12-20H2,1H3,(H,28,31). The number of benzene rings is 2. The van der Waals surface area contributed by atoms with Gasteiger partial charge in [-0.1, -0.05) is 24.3 Å². The second-order valence-electron chi connectivity index (χ2n) is 9.24. The summed E-state index contributed by atoms with van der Waals surface area (Å²) in [6.07, 6.45) is 5.19. The normalized spacial score (nSPS) is 17.2. The molecule has 2 aromatic rings. The van der Waals surface area contributed by atoms with E-state index in [4.69, 9.17) is 4.74 Å².